The highest BCUT2D eigenvalue weighted by Gasteiger charge is 2.24. The third-order valence-corrected chi connectivity index (χ3v) is 7.40. The van der Waals surface area contributed by atoms with Gasteiger partial charge in [0.1, 0.15) is 23.9 Å². The number of hydrogen-bond donors (Lipinski definition) is 1. The Morgan fingerprint density at radius 1 is 0.917 bits per heavy atom. The first-order valence-electron chi connectivity index (χ1n) is 13.1. The molecule has 0 saturated heterocycles. The molecule has 36 heavy (non-hydrogen) atoms. The zero-order valence-corrected chi connectivity index (χ0v) is 22.2. The second kappa shape index (κ2) is 12.2. The number of hydrogen-bond acceptors (Lipinski definition) is 5. The van der Waals surface area contributed by atoms with E-state index in [1.54, 1.807) is 7.11 Å². The van der Waals surface area contributed by atoms with E-state index in [0.29, 0.717) is 18.3 Å². The average molecular weight is 489 g/mol. The number of phenolic OH excluding ortho intramolecular Hbond substituents is 1. The molecule has 5 heteroatoms. The molecular weight excluding hydrogens is 448 g/mol. The summed E-state index contributed by atoms with van der Waals surface area (Å²) in [5.74, 6) is 2.60. The molecule has 1 aliphatic rings. The lowest BCUT2D eigenvalue weighted by atomic mass is 9.79. The van der Waals surface area contributed by atoms with Gasteiger partial charge in [0.25, 0.3) is 0 Å². The summed E-state index contributed by atoms with van der Waals surface area (Å²) in [5, 5.41) is 9.88. The van der Waals surface area contributed by atoms with Crippen LogP contribution >= 0.6 is 0 Å². The van der Waals surface area contributed by atoms with E-state index in [0.717, 1.165) is 56.9 Å². The predicted molar refractivity (Wildman–Crippen MR) is 148 cm³/mol. The smallest absolute Gasteiger partial charge is 0.120 e. The number of aryl methyl sites for hydroxylation is 1. The number of anilines is 1. The molecule has 0 saturated carbocycles. The normalized spacial score (nSPS) is 15.0. The van der Waals surface area contributed by atoms with E-state index in [1.807, 2.05) is 12.1 Å². The number of ether oxygens (including phenoxy) is 2. The number of fused-ring (bicyclic) bond motifs is 1. The topological polar surface area (TPSA) is 45.2 Å². The van der Waals surface area contributed by atoms with E-state index in [-0.39, 0.29) is 0 Å². The molecule has 0 spiro atoms. The van der Waals surface area contributed by atoms with E-state index in [4.69, 9.17) is 9.47 Å². The van der Waals surface area contributed by atoms with Crippen LogP contribution in [-0.4, -0.2) is 50.4 Å². The standard InChI is InChI=1S/C31H40N2O3/c1-5-32(3)17-18-36-28-13-7-23(8-14-28)22-33(6-2)31-21-29(35-4)15-16-30(31)26-10-9-25-20-27(34)12-11-24(25)19-26/h7-8,11-16,20-21,26,34H,5-6,9-10,17-19,22H2,1-4H3/t26-/m1/s1. The molecule has 0 bridgehead atoms. The zero-order valence-electron chi connectivity index (χ0n) is 22.2. The van der Waals surface area contributed by atoms with Crippen LogP contribution in [0.3, 0.4) is 0 Å². The third kappa shape index (κ3) is 6.33. The van der Waals surface area contributed by atoms with Gasteiger partial charge in [0.05, 0.1) is 7.11 Å². The van der Waals surface area contributed by atoms with Crippen molar-refractivity contribution < 1.29 is 14.6 Å². The second-order valence-electron chi connectivity index (χ2n) is 9.72. The zero-order chi connectivity index (χ0) is 25.5. The highest BCUT2D eigenvalue weighted by atomic mass is 16.5. The minimum Gasteiger partial charge on any atom is -0.508 e. The Morgan fingerprint density at radius 2 is 1.69 bits per heavy atom. The quantitative estimate of drug-likeness (QED) is 0.357. The van der Waals surface area contributed by atoms with E-state index < -0.39 is 0 Å². The Bertz CT molecular complexity index is 1130. The van der Waals surface area contributed by atoms with Crippen molar-refractivity contribution in [2.24, 2.45) is 0 Å². The van der Waals surface area contributed by atoms with Gasteiger partial charge in [0.2, 0.25) is 0 Å². The van der Waals surface area contributed by atoms with Gasteiger partial charge in [-0.2, -0.15) is 0 Å². The molecule has 0 aromatic heterocycles. The summed E-state index contributed by atoms with van der Waals surface area (Å²) in [4.78, 5) is 4.68. The number of nitrogens with zero attached hydrogens (tertiary/aromatic N) is 2. The number of benzene rings is 3. The summed E-state index contributed by atoms with van der Waals surface area (Å²) in [7, 11) is 3.84. The molecule has 1 N–H and O–H groups in total. The molecule has 0 radical (unpaired) electrons. The fourth-order valence-electron chi connectivity index (χ4n) is 5.03. The molecule has 3 aromatic rings. The Kier molecular flexibility index (Phi) is 8.76. The predicted octanol–water partition coefficient (Wildman–Crippen LogP) is 6.03. The molecule has 1 aliphatic carbocycles. The molecule has 192 valence electrons. The third-order valence-electron chi connectivity index (χ3n) is 7.40. The summed E-state index contributed by atoms with van der Waals surface area (Å²) in [5.41, 5.74) is 6.49. The summed E-state index contributed by atoms with van der Waals surface area (Å²) in [6.07, 6.45) is 3.06. The average Bonchev–Trinajstić information content (AvgIpc) is 2.91. The van der Waals surface area contributed by atoms with Gasteiger partial charge in [0, 0.05) is 31.4 Å². The van der Waals surface area contributed by atoms with Crippen molar-refractivity contribution in [3.8, 4) is 17.2 Å². The van der Waals surface area contributed by atoms with Crippen molar-refractivity contribution in [1.82, 2.24) is 4.90 Å². The molecule has 0 unspecified atom stereocenters. The van der Waals surface area contributed by atoms with Gasteiger partial charge < -0.3 is 24.4 Å². The number of likely N-dealkylation sites (N-methyl/N-ethyl adjacent to an activating group) is 1. The molecule has 0 fully saturated rings. The highest BCUT2D eigenvalue weighted by Crippen LogP contribution is 2.40. The van der Waals surface area contributed by atoms with Crippen LogP contribution in [0, 0.1) is 0 Å². The number of aromatic hydroxyl groups is 1. The summed E-state index contributed by atoms with van der Waals surface area (Å²) in [6.45, 7) is 8.74. The minimum atomic E-state index is 0.360. The van der Waals surface area contributed by atoms with Gasteiger partial charge in [-0.05, 0) is 98.3 Å². The maximum absolute atomic E-state index is 9.88. The van der Waals surface area contributed by atoms with E-state index in [1.165, 1.54) is 27.9 Å². The van der Waals surface area contributed by atoms with E-state index in [2.05, 4.69) is 79.2 Å². The van der Waals surface area contributed by atoms with Crippen LogP contribution in [0.2, 0.25) is 0 Å². The van der Waals surface area contributed by atoms with Crippen LogP contribution in [-0.2, 0) is 19.4 Å². The van der Waals surface area contributed by atoms with Crippen LogP contribution < -0.4 is 14.4 Å². The second-order valence-corrected chi connectivity index (χ2v) is 9.72. The van der Waals surface area contributed by atoms with Gasteiger partial charge in [-0.1, -0.05) is 31.2 Å². The van der Waals surface area contributed by atoms with Gasteiger partial charge in [-0.3, -0.25) is 0 Å². The van der Waals surface area contributed by atoms with E-state index >= 15 is 0 Å². The van der Waals surface area contributed by atoms with Crippen LogP contribution in [0.25, 0.3) is 0 Å². The summed E-state index contributed by atoms with van der Waals surface area (Å²) in [6, 6.07) is 20.8. The Labute approximate surface area is 216 Å². The van der Waals surface area contributed by atoms with Crippen LogP contribution in [0.5, 0.6) is 17.2 Å². The van der Waals surface area contributed by atoms with Crippen molar-refractivity contribution in [2.45, 2.75) is 45.6 Å². The largest absolute Gasteiger partial charge is 0.508 e. The maximum Gasteiger partial charge on any atom is 0.120 e. The lowest BCUT2D eigenvalue weighted by molar-refractivity contribution is 0.244. The fourth-order valence-corrected chi connectivity index (χ4v) is 5.03. The minimum absolute atomic E-state index is 0.360. The molecule has 4 rings (SSSR count). The Morgan fingerprint density at radius 3 is 2.42 bits per heavy atom. The molecule has 5 nitrogen and oxygen atoms in total. The van der Waals surface area contributed by atoms with Crippen LogP contribution in [0.1, 0.15) is 48.4 Å². The van der Waals surface area contributed by atoms with Gasteiger partial charge >= 0.3 is 0 Å². The number of rotatable bonds is 11. The molecule has 0 aliphatic heterocycles. The van der Waals surface area contributed by atoms with E-state index in [9.17, 15) is 5.11 Å². The SMILES string of the molecule is CCN(C)CCOc1ccc(CN(CC)c2cc(OC)ccc2[C@@H]2CCc3cc(O)ccc3C2)cc1. The van der Waals surface area contributed by atoms with Gasteiger partial charge in [0.15, 0.2) is 0 Å². The first-order chi connectivity index (χ1) is 17.5. The summed E-state index contributed by atoms with van der Waals surface area (Å²) < 4.78 is 11.5. The molecule has 1 atom stereocenters. The fraction of sp³-hybridized carbons (Fsp3) is 0.419. The summed E-state index contributed by atoms with van der Waals surface area (Å²) >= 11 is 0. The van der Waals surface area contributed by atoms with Gasteiger partial charge in [-0.15, -0.1) is 0 Å². The van der Waals surface area contributed by atoms with Crippen molar-refractivity contribution in [1.29, 1.82) is 0 Å². The highest BCUT2D eigenvalue weighted by molar-refractivity contribution is 5.60. The monoisotopic (exact) mass is 488 g/mol. The molecule has 3 aromatic carbocycles. The van der Waals surface area contributed by atoms with Crippen LogP contribution in [0.15, 0.2) is 60.7 Å². The molecule has 0 amide bonds. The number of phenols is 1. The van der Waals surface area contributed by atoms with Gasteiger partial charge in [-0.25, -0.2) is 0 Å². The lowest BCUT2D eigenvalue weighted by Crippen LogP contribution is -2.25. The first-order valence-corrected chi connectivity index (χ1v) is 13.1. The van der Waals surface area contributed by atoms with Crippen molar-refractivity contribution in [2.75, 3.05) is 45.3 Å². The maximum atomic E-state index is 9.88. The van der Waals surface area contributed by atoms with Crippen LogP contribution in [0.4, 0.5) is 5.69 Å². The van der Waals surface area contributed by atoms with Crippen molar-refractivity contribution in [3.05, 3.63) is 82.9 Å². The van der Waals surface area contributed by atoms with Crippen molar-refractivity contribution in [3.63, 3.8) is 0 Å². The molecule has 0 heterocycles. The Hall–Kier alpha value is -3.18. The number of methoxy groups -OCH3 is 1. The lowest BCUT2D eigenvalue weighted by Gasteiger charge is -2.32. The molecular formula is C31H40N2O3. The van der Waals surface area contributed by atoms with Crippen molar-refractivity contribution >= 4 is 5.69 Å². The first kappa shape index (κ1) is 25.9. The Balaban J connectivity index is 1.51.